The molecule has 1 atom stereocenters. The number of ketones is 1. The third kappa shape index (κ3) is 2.34. The molecule has 0 amide bonds. The Bertz CT molecular complexity index is 436. The molecule has 1 nitrogen and oxygen atoms in total. The monoisotopic (exact) mass is 270 g/mol. The molecule has 1 aromatic rings. The summed E-state index contributed by atoms with van der Waals surface area (Å²) in [6, 6.07) is 2.83. The van der Waals surface area contributed by atoms with Crippen molar-refractivity contribution < 1.29 is 31.1 Å². The van der Waals surface area contributed by atoms with E-state index in [1.807, 2.05) is 0 Å². The molecule has 0 aliphatic rings. The van der Waals surface area contributed by atoms with E-state index >= 15 is 0 Å². The molecule has 0 fully saturated rings. The topological polar surface area (TPSA) is 17.1 Å². The van der Waals surface area contributed by atoms with Gasteiger partial charge in [-0.25, -0.2) is 13.2 Å². The van der Waals surface area contributed by atoms with Crippen molar-refractivity contribution in [2.75, 3.05) is 0 Å². The van der Waals surface area contributed by atoms with Crippen LogP contribution in [-0.2, 0) is 5.67 Å². The molecular weight excluding hydrogens is 262 g/mol. The molecule has 0 saturated heterocycles. The fourth-order valence-corrected chi connectivity index (χ4v) is 1.36. The van der Waals surface area contributed by atoms with Crippen LogP contribution in [0.3, 0.4) is 0 Å². The molecule has 1 unspecified atom stereocenters. The zero-order valence-corrected chi connectivity index (χ0v) is 9.06. The Morgan fingerprint density at radius 2 is 1.50 bits per heavy atom. The van der Waals surface area contributed by atoms with E-state index in [9.17, 15) is 31.1 Å². The number of hydrogen-bond acceptors (Lipinski definition) is 1. The standard InChI is InChI=1S/C11H8F6O/c1-6(18)7-2-4-8(5-3-7)10(14,9(12)13)11(15,16)17/h2-5,9H,1H3. The van der Waals surface area contributed by atoms with Gasteiger partial charge in [-0.1, -0.05) is 24.3 Å². The normalized spacial score (nSPS) is 15.6. The van der Waals surface area contributed by atoms with Crippen molar-refractivity contribution in [3.05, 3.63) is 35.4 Å². The van der Waals surface area contributed by atoms with E-state index in [4.69, 9.17) is 0 Å². The van der Waals surface area contributed by atoms with Gasteiger partial charge in [0.05, 0.1) is 0 Å². The average molecular weight is 270 g/mol. The summed E-state index contributed by atoms with van der Waals surface area (Å²) in [7, 11) is 0. The Hall–Kier alpha value is -1.53. The number of hydrogen-bond donors (Lipinski definition) is 0. The van der Waals surface area contributed by atoms with Crippen LogP contribution in [0.2, 0.25) is 0 Å². The molecular formula is C11H8F6O. The van der Waals surface area contributed by atoms with E-state index < -0.39 is 29.6 Å². The second-order valence-electron chi connectivity index (χ2n) is 3.64. The molecule has 0 radical (unpaired) electrons. The van der Waals surface area contributed by atoms with Crippen LogP contribution in [0.25, 0.3) is 0 Å². The lowest BCUT2D eigenvalue weighted by Crippen LogP contribution is -2.44. The van der Waals surface area contributed by atoms with E-state index in [0.717, 1.165) is 19.1 Å². The number of Topliss-reactive ketones (excluding diaryl/α,β-unsaturated/α-hetero) is 1. The van der Waals surface area contributed by atoms with Gasteiger partial charge in [0.1, 0.15) is 0 Å². The fraction of sp³-hybridized carbons (Fsp3) is 0.364. The van der Waals surface area contributed by atoms with Gasteiger partial charge in [-0.3, -0.25) is 4.79 Å². The van der Waals surface area contributed by atoms with Crippen molar-refractivity contribution in [2.45, 2.75) is 25.2 Å². The van der Waals surface area contributed by atoms with E-state index in [1.54, 1.807) is 0 Å². The summed E-state index contributed by atoms with van der Waals surface area (Å²) in [5.41, 5.74) is -5.95. The Kier molecular flexibility index (Phi) is 3.73. The van der Waals surface area contributed by atoms with Gasteiger partial charge >= 0.3 is 6.18 Å². The third-order valence-corrected chi connectivity index (χ3v) is 2.42. The van der Waals surface area contributed by atoms with Gasteiger partial charge in [0, 0.05) is 11.1 Å². The summed E-state index contributed by atoms with van der Waals surface area (Å²) in [6.07, 6.45) is -9.99. The van der Waals surface area contributed by atoms with Crippen molar-refractivity contribution in [2.24, 2.45) is 0 Å². The van der Waals surface area contributed by atoms with E-state index in [2.05, 4.69) is 0 Å². The number of rotatable bonds is 3. The molecule has 18 heavy (non-hydrogen) atoms. The lowest BCUT2D eigenvalue weighted by atomic mass is 9.94. The number of halogens is 6. The molecule has 0 spiro atoms. The van der Waals surface area contributed by atoms with Crippen molar-refractivity contribution in [1.82, 2.24) is 0 Å². The maximum Gasteiger partial charge on any atom is 0.432 e. The molecule has 1 aromatic carbocycles. The van der Waals surface area contributed by atoms with Crippen LogP contribution in [0.1, 0.15) is 22.8 Å². The first kappa shape index (κ1) is 14.5. The van der Waals surface area contributed by atoms with Crippen LogP contribution >= 0.6 is 0 Å². The zero-order valence-electron chi connectivity index (χ0n) is 9.06. The Labute approximate surface area is 98.4 Å². The Morgan fingerprint density at radius 3 is 1.78 bits per heavy atom. The molecule has 100 valence electrons. The zero-order chi connectivity index (χ0) is 14.1. The van der Waals surface area contributed by atoms with E-state index in [0.29, 0.717) is 12.1 Å². The molecule has 0 N–H and O–H groups in total. The summed E-state index contributed by atoms with van der Waals surface area (Å²) in [4.78, 5) is 10.9. The minimum atomic E-state index is -5.74. The highest BCUT2D eigenvalue weighted by Gasteiger charge is 2.63. The number of carbonyl (C=O) groups excluding carboxylic acids is 1. The van der Waals surface area contributed by atoms with Gasteiger partial charge in [0.15, 0.2) is 5.78 Å². The van der Waals surface area contributed by atoms with Gasteiger partial charge < -0.3 is 0 Å². The first-order valence-corrected chi connectivity index (χ1v) is 4.76. The summed E-state index contributed by atoms with van der Waals surface area (Å²) >= 11 is 0. The lowest BCUT2D eigenvalue weighted by molar-refractivity contribution is -0.274. The second kappa shape index (κ2) is 4.62. The molecule has 1 rings (SSSR count). The summed E-state index contributed by atoms with van der Waals surface area (Å²) in [6.45, 7) is 1.15. The molecule has 7 heteroatoms. The largest absolute Gasteiger partial charge is 0.432 e. The highest BCUT2D eigenvalue weighted by atomic mass is 19.4. The van der Waals surface area contributed by atoms with Gasteiger partial charge in [-0.05, 0) is 6.92 Å². The minimum Gasteiger partial charge on any atom is -0.295 e. The minimum absolute atomic E-state index is 0.0116. The maximum absolute atomic E-state index is 13.5. The molecule has 0 aliphatic heterocycles. The first-order chi connectivity index (χ1) is 8.10. The molecule has 0 aromatic heterocycles. The number of alkyl halides is 6. The molecule has 0 saturated carbocycles. The highest BCUT2D eigenvalue weighted by molar-refractivity contribution is 5.94. The Balaban J connectivity index is 3.28. The maximum atomic E-state index is 13.5. The van der Waals surface area contributed by atoms with E-state index in [-0.39, 0.29) is 5.56 Å². The molecule has 0 bridgehead atoms. The quantitative estimate of drug-likeness (QED) is 0.601. The summed E-state index contributed by atoms with van der Waals surface area (Å²) in [5.74, 6) is -0.463. The third-order valence-electron chi connectivity index (χ3n) is 2.42. The van der Waals surface area contributed by atoms with Gasteiger partial charge in [-0.15, -0.1) is 0 Å². The lowest BCUT2D eigenvalue weighted by Gasteiger charge is -2.27. The van der Waals surface area contributed by atoms with Crippen molar-refractivity contribution in [3.63, 3.8) is 0 Å². The van der Waals surface area contributed by atoms with Crippen LogP contribution in [0.15, 0.2) is 24.3 Å². The number of benzene rings is 1. The predicted octanol–water partition coefficient (Wildman–Crippen LogP) is 3.88. The van der Waals surface area contributed by atoms with Crippen LogP contribution in [-0.4, -0.2) is 18.4 Å². The fourth-order valence-electron chi connectivity index (χ4n) is 1.36. The average Bonchev–Trinajstić information content (AvgIpc) is 2.26. The summed E-state index contributed by atoms with van der Waals surface area (Å²) in [5, 5.41) is 0. The highest BCUT2D eigenvalue weighted by Crippen LogP contribution is 2.46. The van der Waals surface area contributed by atoms with Gasteiger partial charge in [0.2, 0.25) is 0 Å². The van der Waals surface area contributed by atoms with Gasteiger partial charge in [-0.2, -0.15) is 13.2 Å². The van der Waals surface area contributed by atoms with Gasteiger partial charge in [0.25, 0.3) is 12.1 Å². The predicted molar refractivity (Wildman–Crippen MR) is 51.3 cm³/mol. The first-order valence-electron chi connectivity index (χ1n) is 4.76. The van der Waals surface area contributed by atoms with Crippen molar-refractivity contribution in [3.8, 4) is 0 Å². The second-order valence-corrected chi connectivity index (χ2v) is 3.64. The SMILES string of the molecule is CC(=O)c1ccc(C(F)(C(F)F)C(F)(F)F)cc1. The smallest absolute Gasteiger partial charge is 0.295 e. The number of carbonyl (C=O) groups is 1. The summed E-state index contributed by atoms with van der Waals surface area (Å²) < 4.78 is 75.4. The molecule has 0 heterocycles. The van der Waals surface area contributed by atoms with Crippen LogP contribution in [0.4, 0.5) is 26.3 Å². The van der Waals surface area contributed by atoms with Crippen molar-refractivity contribution in [1.29, 1.82) is 0 Å². The van der Waals surface area contributed by atoms with Crippen LogP contribution in [0, 0.1) is 0 Å². The van der Waals surface area contributed by atoms with Crippen LogP contribution < -0.4 is 0 Å². The molecule has 0 aliphatic carbocycles. The van der Waals surface area contributed by atoms with Crippen LogP contribution in [0.5, 0.6) is 0 Å². The van der Waals surface area contributed by atoms with Crippen molar-refractivity contribution >= 4 is 5.78 Å². The van der Waals surface area contributed by atoms with E-state index in [1.165, 1.54) is 0 Å². The Morgan fingerprint density at radius 1 is 1.06 bits per heavy atom.